The van der Waals surface area contributed by atoms with Crippen LogP contribution in [0.1, 0.15) is 71.6 Å². The molecule has 3 heteroatoms. The third-order valence-electron chi connectivity index (χ3n) is 6.28. The van der Waals surface area contributed by atoms with Crippen LogP contribution < -0.4 is 5.32 Å². The maximum atomic E-state index is 9.32. The SMILES string of the molecule is CCC(CC)(CCO)CNC1CCN(C2CCCC2)CC1. The van der Waals surface area contributed by atoms with Gasteiger partial charge in [-0.1, -0.05) is 26.7 Å². The van der Waals surface area contributed by atoms with Gasteiger partial charge in [-0.15, -0.1) is 0 Å². The highest BCUT2D eigenvalue weighted by molar-refractivity contribution is 4.86. The minimum Gasteiger partial charge on any atom is -0.396 e. The van der Waals surface area contributed by atoms with Gasteiger partial charge in [-0.05, 0) is 63.5 Å². The molecule has 0 unspecified atom stereocenters. The molecule has 0 aromatic rings. The molecule has 2 fully saturated rings. The van der Waals surface area contributed by atoms with E-state index in [-0.39, 0.29) is 0 Å². The van der Waals surface area contributed by atoms with Gasteiger partial charge in [0.15, 0.2) is 0 Å². The van der Waals surface area contributed by atoms with Crippen LogP contribution >= 0.6 is 0 Å². The molecule has 1 heterocycles. The van der Waals surface area contributed by atoms with E-state index >= 15 is 0 Å². The number of hydrogen-bond donors (Lipinski definition) is 2. The number of aliphatic hydroxyl groups excluding tert-OH is 1. The molecular weight excluding hydrogens is 260 g/mol. The number of likely N-dealkylation sites (tertiary alicyclic amines) is 1. The third-order valence-corrected chi connectivity index (χ3v) is 6.28. The summed E-state index contributed by atoms with van der Waals surface area (Å²) in [6, 6.07) is 1.59. The van der Waals surface area contributed by atoms with Gasteiger partial charge in [-0.25, -0.2) is 0 Å². The molecule has 1 aliphatic carbocycles. The topological polar surface area (TPSA) is 35.5 Å². The predicted molar refractivity (Wildman–Crippen MR) is 89.6 cm³/mol. The second-order valence-electron chi connectivity index (χ2n) is 7.31. The highest BCUT2D eigenvalue weighted by Gasteiger charge is 2.29. The van der Waals surface area contributed by atoms with E-state index in [9.17, 15) is 5.11 Å². The van der Waals surface area contributed by atoms with Crippen LogP contribution in [0.2, 0.25) is 0 Å². The van der Waals surface area contributed by atoms with E-state index in [1.165, 1.54) is 51.6 Å². The number of rotatable bonds is 8. The van der Waals surface area contributed by atoms with Crippen LogP contribution in [0.25, 0.3) is 0 Å². The minimum atomic E-state index is 0.303. The average molecular weight is 296 g/mol. The fraction of sp³-hybridized carbons (Fsp3) is 1.00. The van der Waals surface area contributed by atoms with Crippen LogP contribution in [0.3, 0.4) is 0 Å². The molecule has 1 aliphatic heterocycles. The van der Waals surface area contributed by atoms with Crippen molar-refractivity contribution in [1.29, 1.82) is 0 Å². The molecule has 0 spiro atoms. The van der Waals surface area contributed by atoms with E-state index in [4.69, 9.17) is 0 Å². The second-order valence-corrected chi connectivity index (χ2v) is 7.31. The Morgan fingerprint density at radius 2 is 1.67 bits per heavy atom. The molecule has 0 aromatic carbocycles. The zero-order valence-electron chi connectivity index (χ0n) is 14.2. The minimum absolute atomic E-state index is 0.303. The standard InChI is InChI=1S/C18H36N2O/c1-3-18(4-2,11-14-21)15-19-16-9-12-20(13-10-16)17-7-5-6-8-17/h16-17,19,21H,3-15H2,1-2H3. The molecule has 2 N–H and O–H groups in total. The smallest absolute Gasteiger partial charge is 0.0436 e. The van der Waals surface area contributed by atoms with Crippen molar-refractivity contribution in [1.82, 2.24) is 10.2 Å². The van der Waals surface area contributed by atoms with Gasteiger partial charge in [-0.2, -0.15) is 0 Å². The van der Waals surface area contributed by atoms with Crippen LogP contribution in [0.15, 0.2) is 0 Å². The van der Waals surface area contributed by atoms with Crippen LogP contribution in [0.4, 0.5) is 0 Å². The Labute approximate surface area is 131 Å². The molecule has 0 atom stereocenters. The largest absolute Gasteiger partial charge is 0.396 e. The van der Waals surface area contributed by atoms with Crippen molar-refractivity contribution in [2.75, 3.05) is 26.2 Å². The lowest BCUT2D eigenvalue weighted by Gasteiger charge is -2.39. The summed E-state index contributed by atoms with van der Waals surface area (Å²) >= 11 is 0. The fourth-order valence-corrected chi connectivity index (χ4v) is 4.28. The van der Waals surface area contributed by atoms with Crippen LogP contribution in [0.5, 0.6) is 0 Å². The molecule has 21 heavy (non-hydrogen) atoms. The summed E-state index contributed by atoms with van der Waals surface area (Å²) in [4.78, 5) is 2.74. The van der Waals surface area contributed by atoms with Crippen molar-refractivity contribution in [2.24, 2.45) is 5.41 Å². The molecule has 3 nitrogen and oxygen atoms in total. The lowest BCUT2D eigenvalue weighted by atomic mass is 9.79. The first-order chi connectivity index (χ1) is 10.2. The molecule has 0 amide bonds. The second kappa shape index (κ2) is 8.50. The van der Waals surface area contributed by atoms with E-state index in [0.717, 1.165) is 31.8 Å². The van der Waals surface area contributed by atoms with Gasteiger partial charge in [0.05, 0.1) is 0 Å². The summed E-state index contributed by atoms with van der Waals surface area (Å²) in [7, 11) is 0. The number of piperidine rings is 1. The maximum Gasteiger partial charge on any atom is 0.0436 e. The molecule has 0 radical (unpaired) electrons. The van der Waals surface area contributed by atoms with Crippen molar-refractivity contribution < 1.29 is 5.11 Å². The lowest BCUT2D eigenvalue weighted by Crippen LogP contribution is -2.48. The van der Waals surface area contributed by atoms with Crippen LogP contribution in [-0.4, -0.2) is 48.3 Å². The number of nitrogens with zero attached hydrogens (tertiary/aromatic N) is 1. The molecule has 0 bridgehead atoms. The Kier molecular flexibility index (Phi) is 6.97. The summed E-state index contributed by atoms with van der Waals surface area (Å²) in [5.41, 5.74) is 0.303. The summed E-state index contributed by atoms with van der Waals surface area (Å²) in [5, 5.41) is 13.1. The molecule has 1 saturated heterocycles. The van der Waals surface area contributed by atoms with Gasteiger partial charge in [0.25, 0.3) is 0 Å². The van der Waals surface area contributed by atoms with Gasteiger partial charge in [-0.3, -0.25) is 0 Å². The molecule has 0 aromatic heterocycles. The van der Waals surface area contributed by atoms with Crippen molar-refractivity contribution in [3.8, 4) is 0 Å². The molecular formula is C18H36N2O. The Hall–Kier alpha value is -0.120. The summed E-state index contributed by atoms with van der Waals surface area (Å²) in [5.74, 6) is 0. The van der Waals surface area contributed by atoms with E-state index < -0.39 is 0 Å². The zero-order chi connectivity index (χ0) is 15.1. The Bertz CT molecular complexity index is 277. The van der Waals surface area contributed by atoms with E-state index in [2.05, 4.69) is 24.1 Å². The average Bonchev–Trinajstić information content (AvgIpc) is 3.06. The molecule has 124 valence electrons. The summed E-state index contributed by atoms with van der Waals surface area (Å²) < 4.78 is 0. The first-order valence-electron chi connectivity index (χ1n) is 9.31. The Balaban J connectivity index is 1.72. The molecule has 1 saturated carbocycles. The van der Waals surface area contributed by atoms with Crippen molar-refractivity contribution in [2.45, 2.75) is 83.7 Å². The normalized spacial score (nSPS) is 23.0. The van der Waals surface area contributed by atoms with Gasteiger partial charge in [0, 0.05) is 25.2 Å². The summed E-state index contributed by atoms with van der Waals surface area (Å²) in [6.45, 7) is 8.51. The van der Waals surface area contributed by atoms with Crippen molar-refractivity contribution in [3.63, 3.8) is 0 Å². The first kappa shape index (κ1) is 17.2. The molecule has 2 aliphatic rings. The number of nitrogens with one attached hydrogen (secondary N) is 1. The zero-order valence-corrected chi connectivity index (χ0v) is 14.2. The highest BCUT2D eigenvalue weighted by atomic mass is 16.3. The van der Waals surface area contributed by atoms with E-state index in [0.29, 0.717) is 18.1 Å². The van der Waals surface area contributed by atoms with Crippen LogP contribution in [-0.2, 0) is 0 Å². The Morgan fingerprint density at radius 3 is 2.19 bits per heavy atom. The van der Waals surface area contributed by atoms with E-state index in [1.807, 2.05) is 0 Å². The Morgan fingerprint density at radius 1 is 1.05 bits per heavy atom. The van der Waals surface area contributed by atoms with Gasteiger partial charge in [0.2, 0.25) is 0 Å². The first-order valence-corrected chi connectivity index (χ1v) is 9.31. The van der Waals surface area contributed by atoms with Crippen LogP contribution in [0, 0.1) is 5.41 Å². The fourth-order valence-electron chi connectivity index (χ4n) is 4.28. The third kappa shape index (κ3) is 4.67. The van der Waals surface area contributed by atoms with E-state index in [1.54, 1.807) is 0 Å². The number of aliphatic hydroxyl groups is 1. The van der Waals surface area contributed by atoms with Gasteiger partial charge in [0.1, 0.15) is 0 Å². The summed E-state index contributed by atoms with van der Waals surface area (Å²) in [6.07, 6.45) is 11.6. The number of hydrogen-bond acceptors (Lipinski definition) is 3. The maximum absolute atomic E-state index is 9.32. The van der Waals surface area contributed by atoms with Gasteiger partial charge >= 0.3 is 0 Å². The quantitative estimate of drug-likeness (QED) is 0.722. The van der Waals surface area contributed by atoms with Crippen molar-refractivity contribution in [3.05, 3.63) is 0 Å². The van der Waals surface area contributed by atoms with Gasteiger partial charge < -0.3 is 15.3 Å². The van der Waals surface area contributed by atoms with Crippen molar-refractivity contribution >= 4 is 0 Å². The molecule has 2 rings (SSSR count). The highest BCUT2D eigenvalue weighted by Crippen LogP contribution is 2.30. The predicted octanol–water partition coefficient (Wildman–Crippen LogP) is 3.17. The lowest BCUT2D eigenvalue weighted by molar-refractivity contribution is 0.125. The monoisotopic (exact) mass is 296 g/mol.